The Labute approximate surface area is 103 Å². The van der Waals surface area contributed by atoms with Gasteiger partial charge in [-0.3, -0.25) is 0 Å². The van der Waals surface area contributed by atoms with Gasteiger partial charge >= 0.3 is 0 Å². The van der Waals surface area contributed by atoms with Crippen molar-refractivity contribution >= 4 is 12.6 Å². The van der Waals surface area contributed by atoms with Gasteiger partial charge in [0.15, 0.2) is 0 Å². The van der Waals surface area contributed by atoms with Crippen molar-refractivity contribution in [3.05, 3.63) is 23.9 Å². The zero-order valence-corrected chi connectivity index (χ0v) is 9.80. The zero-order valence-electron chi connectivity index (χ0n) is 8.91. The van der Waals surface area contributed by atoms with Gasteiger partial charge in [-0.2, -0.15) is 0 Å². The third-order valence-electron chi connectivity index (χ3n) is 2.84. The van der Waals surface area contributed by atoms with Gasteiger partial charge in [0.2, 0.25) is 0 Å². The molecule has 88 valence electrons. The van der Waals surface area contributed by atoms with E-state index in [1.54, 1.807) is 10.7 Å². The van der Waals surface area contributed by atoms with Crippen LogP contribution in [-0.2, 0) is 0 Å². The van der Waals surface area contributed by atoms with E-state index in [4.69, 9.17) is 0 Å². The van der Waals surface area contributed by atoms with Gasteiger partial charge in [-0.15, -0.1) is 17.7 Å². The highest BCUT2D eigenvalue weighted by molar-refractivity contribution is 7.80. The quantitative estimate of drug-likeness (QED) is 0.710. The van der Waals surface area contributed by atoms with Gasteiger partial charge in [-0.25, -0.2) is 4.68 Å². The molecule has 0 spiro atoms. The Morgan fingerprint density at radius 2 is 2.06 bits per heavy atom. The Balaban J connectivity index is 2.14. The van der Waals surface area contributed by atoms with Crippen LogP contribution in [0.1, 0.15) is 24.5 Å². The molecule has 1 aromatic carbocycles. The summed E-state index contributed by atoms with van der Waals surface area (Å²) in [5.41, 5.74) is 1.44. The number of phenolic OH excluding ortho intramolecular Hbond substituents is 2. The van der Waals surface area contributed by atoms with Crippen molar-refractivity contribution in [1.82, 2.24) is 15.0 Å². The maximum Gasteiger partial charge on any atom is 0.145 e. The minimum atomic E-state index is -0.0230. The minimum absolute atomic E-state index is 0.0189. The first-order valence-electron chi connectivity index (χ1n) is 5.33. The van der Waals surface area contributed by atoms with E-state index in [1.165, 1.54) is 12.1 Å². The van der Waals surface area contributed by atoms with Gasteiger partial charge in [0.25, 0.3) is 0 Å². The number of aromatic nitrogens is 3. The Bertz CT molecular complexity index is 578. The molecular weight excluding hydrogens is 238 g/mol. The summed E-state index contributed by atoms with van der Waals surface area (Å²) in [5, 5.41) is 27.6. The molecule has 0 amide bonds. The van der Waals surface area contributed by atoms with Crippen molar-refractivity contribution in [1.29, 1.82) is 0 Å². The summed E-state index contributed by atoms with van der Waals surface area (Å²) in [5.74, 6) is 0.418. The maximum absolute atomic E-state index is 9.81. The van der Waals surface area contributed by atoms with Crippen molar-refractivity contribution in [2.45, 2.75) is 23.8 Å². The van der Waals surface area contributed by atoms with Crippen LogP contribution in [0.15, 0.2) is 23.2 Å². The number of hydrogen-bond acceptors (Lipinski definition) is 5. The lowest BCUT2D eigenvalue weighted by Crippen LogP contribution is -2.01. The van der Waals surface area contributed by atoms with E-state index in [0.29, 0.717) is 16.6 Å². The second kappa shape index (κ2) is 3.66. The first-order valence-corrected chi connectivity index (χ1v) is 5.78. The minimum Gasteiger partial charge on any atom is -0.508 e. The summed E-state index contributed by atoms with van der Waals surface area (Å²) in [7, 11) is 0. The molecule has 6 heteroatoms. The Morgan fingerprint density at radius 1 is 1.29 bits per heavy atom. The van der Waals surface area contributed by atoms with Crippen LogP contribution in [0.5, 0.6) is 11.5 Å². The van der Waals surface area contributed by atoms with Gasteiger partial charge < -0.3 is 10.2 Å². The molecule has 5 nitrogen and oxygen atoms in total. The average Bonchev–Trinajstić information content (AvgIpc) is 3.03. The SMILES string of the molecule is Oc1ccc(-n2nnc(S)c2C2CC2)c(O)c1. The van der Waals surface area contributed by atoms with Crippen molar-refractivity contribution in [3.8, 4) is 17.2 Å². The van der Waals surface area contributed by atoms with Crippen LogP contribution in [0, 0.1) is 0 Å². The molecule has 0 aliphatic heterocycles. The summed E-state index contributed by atoms with van der Waals surface area (Å²) in [6.07, 6.45) is 2.19. The highest BCUT2D eigenvalue weighted by atomic mass is 32.1. The van der Waals surface area contributed by atoms with Crippen LogP contribution in [0.4, 0.5) is 0 Å². The number of thiol groups is 1. The second-order valence-corrected chi connectivity index (χ2v) is 4.58. The number of hydrogen-bond donors (Lipinski definition) is 3. The molecule has 2 aromatic rings. The summed E-state index contributed by atoms with van der Waals surface area (Å²) in [6.45, 7) is 0. The zero-order chi connectivity index (χ0) is 12.0. The third-order valence-corrected chi connectivity index (χ3v) is 3.16. The van der Waals surface area contributed by atoms with Crippen molar-refractivity contribution < 1.29 is 10.2 Å². The van der Waals surface area contributed by atoms with Crippen LogP contribution in [0.2, 0.25) is 0 Å². The molecule has 0 saturated heterocycles. The Kier molecular flexibility index (Phi) is 2.25. The van der Waals surface area contributed by atoms with E-state index in [2.05, 4.69) is 22.9 Å². The van der Waals surface area contributed by atoms with Crippen LogP contribution in [0.3, 0.4) is 0 Å². The second-order valence-electron chi connectivity index (χ2n) is 4.16. The fourth-order valence-electron chi connectivity index (χ4n) is 1.86. The lowest BCUT2D eigenvalue weighted by Gasteiger charge is -2.07. The summed E-state index contributed by atoms with van der Waals surface area (Å²) in [6, 6.07) is 4.40. The number of benzene rings is 1. The van der Waals surface area contributed by atoms with Crippen LogP contribution < -0.4 is 0 Å². The predicted octanol–water partition coefficient (Wildman–Crippen LogP) is 1.84. The third kappa shape index (κ3) is 1.74. The highest BCUT2D eigenvalue weighted by Crippen LogP contribution is 2.43. The van der Waals surface area contributed by atoms with E-state index in [0.717, 1.165) is 18.5 Å². The molecule has 0 atom stereocenters. The largest absolute Gasteiger partial charge is 0.508 e. The lowest BCUT2D eigenvalue weighted by molar-refractivity contribution is 0.447. The predicted molar refractivity (Wildman–Crippen MR) is 63.9 cm³/mol. The molecule has 17 heavy (non-hydrogen) atoms. The van der Waals surface area contributed by atoms with Crippen LogP contribution in [0.25, 0.3) is 5.69 Å². The van der Waals surface area contributed by atoms with E-state index >= 15 is 0 Å². The molecule has 0 bridgehead atoms. The average molecular weight is 249 g/mol. The fraction of sp³-hybridized carbons (Fsp3) is 0.273. The first-order chi connectivity index (χ1) is 8.16. The number of phenols is 2. The molecule has 3 rings (SSSR count). The normalized spacial score (nSPS) is 15.1. The van der Waals surface area contributed by atoms with Crippen molar-refractivity contribution in [2.75, 3.05) is 0 Å². The summed E-state index contributed by atoms with van der Waals surface area (Å²) in [4.78, 5) is 0. The van der Waals surface area contributed by atoms with Crippen LogP contribution in [-0.4, -0.2) is 25.2 Å². The number of nitrogens with zero attached hydrogens (tertiary/aromatic N) is 3. The standard InChI is InChI=1S/C11H11N3O2S/c15-7-3-4-8(9(16)5-7)14-10(6-1-2-6)11(17)12-13-14/h3-6,15-17H,1-2H2. The molecule has 0 unspecified atom stereocenters. The molecule has 1 aliphatic rings. The molecule has 2 N–H and O–H groups in total. The van der Waals surface area contributed by atoms with Crippen molar-refractivity contribution in [2.24, 2.45) is 0 Å². The van der Waals surface area contributed by atoms with E-state index in [9.17, 15) is 10.2 Å². The maximum atomic E-state index is 9.81. The lowest BCUT2D eigenvalue weighted by atomic mass is 10.2. The number of rotatable bonds is 2. The molecule has 1 aliphatic carbocycles. The Morgan fingerprint density at radius 3 is 2.71 bits per heavy atom. The van der Waals surface area contributed by atoms with E-state index in [-0.39, 0.29) is 11.5 Å². The first kappa shape index (κ1) is 10.5. The van der Waals surface area contributed by atoms with Crippen molar-refractivity contribution in [3.63, 3.8) is 0 Å². The van der Waals surface area contributed by atoms with Gasteiger partial charge in [0.1, 0.15) is 22.2 Å². The Hall–Kier alpha value is -1.69. The molecule has 1 fully saturated rings. The van der Waals surface area contributed by atoms with Gasteiger partial charge in [-0.1, -0.05) is 5.21 Å². The van der Waals surface area contributed by atoms with Gasteiger partial charge in [0, 0.05) is 12.0 Å². The van der Waals surface area contributed by atoms with Crippen LogP contribution >= 0.6 is 12.6 Å². The molecule has 1 heterocycles. The summed E-state index contributed by atoms with van der Waals surface area (Å²) >= 11 is 4.28. The monoisotopic (exact) mass is 249 g/mol. The number of aromatic hydroxyl groups is 2. The smallest absolute Gasteiger partial charge is 0.145 e. The topological polar surface area (TPSA) is 71.2 Å². The molecule has 1 saturated carbocycles. The van der Waals surface area contributed by atoms with Gasteiger partial charge in [-0.05, 0) is 25.0 Å². The fourth-order valence-corrected chi connectivity index (χ4v) is 2.18. The van der Waals surface area contributed by atoms with E-state index in [1.807, 2.05) is 0 Å². The van der Waals surface area contributed by atoms with E-state index < -0.39 is 0 Å². The molecule has 1 aromatic heterocycles. The van der Waals surface area contributed by atoms with Gasteiger partial charge in [0.05, 0.1) is 5.69 Å². The molecule has 0 radical (unpaired) electrons. The molecular formula is C11H11N3O2S. The summed E-state index contributed by atoms with van der Waals surface area (Å²) < 4.78 is 1.59. The highest BCUT2D eigenvalue weighted by Gasteiger charge is 2.31.